The second kappa shape index (κ2) is 8.85. The van der Waals surface area contributed by atoms with Crippen molar-refractivity contribution in [3.63, 3.8) is 0 Å². The number of nitrogens with zero attached hydrogens (tertiary/aromatic N) is 1. The summed E-state index contributed by atoms with van der Waals surface area (Å²) in [5.74, 6) is -0.355. The lowest BCUT2D eigenvalue weighted by molar-refractivity contribution is -0.114. The fraction of sp³-hybridized carbons (Fsp3) is 0.238. The molecule has 26 heavy (non-hydrogen) atoms. The van der Waals surface area contributed by atoms with Crippen molar-refractivity contribution in [2.24, 2.45) is 0 Å². The molecule has 136 valence electrons. The molecule has 0 saturated carbocycles. The van der Waals surface area contributed by atoms with Gasteiger partial charge in [0.15, 0.2) is 0 Å². The van der Waals surface area contributed by atoms with Gasteiger partial charge in [0.1, 0.15) is 0 Å². The van der Waals surface area contributed by atoms with Gasteiger partial charge in [0.2, 0.25) is 5.91 Å². The largest absolute Gasteiger partial charge is 0.398 e. The molecule has 2 aromatic carbocycles. The predicted octanol–water partition coefficient (Wildman–Crippen LogP) is 4.58. The average Bonchev–Trinajstić information content (AvgIpc) is 2.61. The number of carbonyl (C=O) groups is 2. The highest BCUT2D eigenvalue weighted by Crippen LogP contribution is 2.27. The molecule has 0 bridgehead atoms. The van der Waals surface area contributed by atoms with E-state index in [-0.39, 0.29) is 11.8 Å². The summed E-state index contributed by atoms with van der Waals surface area (Å²) in [4.78, 5) is 25.9. The third kappa shape index (κ3) is 4.72. The highest BCUT2D eigenvalue weighted by Gasteiger charge is 2.22. The summed E-state index contributed by atoms with van der Waals surface area (Å²) < 4.78 is 0. The van der Waals surface area contributed by atoms with Crippen LogP contribution in [0, 0.1) is 0 Å². The summed E-state index contributed by atoms with van der Waals surface area (Å²) in [5.41, 5.74) is 8.94. The number of hydrogen-bond acceptors (Lipinski definition) is 3. The lowest BCUT2D eigenvalue weighted by atomic mass is 10.1. The van der Waals surface area contributed by atoms with Gasteiger partial charge in [-0.1, -0.05) is 32.1 Å². The van der Waals surface area contributed by atoms with E-state index < -0.39 is 0 Å². The van der Waals surface area contributed by atoms with Crippen LogP contribution in [-0.2, 0) is 4.79 Å². The Kier molecular flexibility index (Phi) is 6.55. The van der Waals surface area contributed by atoms with Gasteiger partial charge in [-0.05, 0) is 49.2 Å². The Labute approximate surface area is 154 Å². The average molecular weight is 351 g/mol. The van der Waals surface area contributed by atoms with E-state index in [1.54, 1.807) is 53.4 Å². The Hall–Kier alpha value is -3.08. The number of amides is 2. The van der Waals surface area contributed by atoms with Crippen LogP contribution in [0.1, 0.15) is 43.5 Å². The standard InChI is InChI=1S/C21H25N3O2/c1-4-5-8-15(2)24(21(26)19-9-6-7-10-20(19)22)18-13-11-17(12-14-18)23-16(3)25/h6-7,9-14H,2,4-5,8,22H2,1,3H3,(H,23,25). The van der Waals surface area contributed by atoms with E-state index in [4.69, 9.17) is 5.73 Å². The first-order valence-corrected chi connectivity index (χ1v) is 8.68. The highest BCUT2D eigenvalue weighted by molar-refractivity contribution is 6.11. The lowest BCUT2D eigenvalue weighted by Crippen LogP contribution is -2.30. The molecule has 0 aromatic heterocycles. The van der Waals surface area contributed by atoms with Crippen molar-refractivity contribution >= 4 is 28.9 Å². The summed E-state index contributed by atoms with van der Waals surface area (Å²) in [6, 6.07) is 14.1. The van der Waals surface area contributed by atoms with Gasteiger partial charge in [0, 0.05) is 29.7 Å². The van der Waals surface area contributed by atoms with E-state index in [0.717, 1.165) is 12.8 Å². The normalized spacial score (nSPS) is 10.2. The number of allylic oxidation sites excluding steroid dienone is 1. The van der Waals surface area contributed by atoms with Crippen LogP contribution in [0.2, 0.25) is 0 Å². The molecule has 0 unspecified atom stereocenters. The SMILES string of the molecule is C=C(CCCC)N(C(=O)c1ccccc1N)c1ccc(NC(C)=O)cc1. The van der Waals surface area contributed by atoms with Crippen molar-refractivity contribution < 1.29 is 9.59 Å². The van der Waals surface area contributed by atoms with Gasteiger partial charge >= 0.3 is 0 Å². The molecule has 0 saturated heterocycles. The number of anilines is 3. The first-order chi connectivity index (χ1) is 12.4. The van der Waals surface area contributed by atoms with E-state index in [1.807, 2.05) is 0 Å². The molecule has 0 aliphatic carbocycles. The van der Waals surface area contributed by atoms with Crippen LogP contribution in [0.4, 0.5) is 17.1 Å². The molecular weight excluding hydrogens is 326 g/mol. The molecule has 0 aliphatic heterocycles. The lowest BCUT2D eigenvalue weighted by Gasteiger charge is -2.26. The zero-order valence-corrected chi connectivity index (χ0v) is 15.3. The second-order valence-corrected chi connectivity index (χ2v) is 6.13. The van der Waals surface area contributed by atoms with E-state index in [1.165, 1.54) is 6.92 Å². The zero-order chi connectivity index (χ0) is 19.1. The van der Waals surface area contributed by atoms with E-state index in [0.29, 0.717) is 34.7 Å². The van der Waals surface area contributed by atoms with Crippen molar-refractivity contribution in [2.75, 3.05) is 16.0 Å². The molecule has 0 spiro atoms. The molecule has 3 N–H and O–H groups in total. The Morgan fingerprint density at radius 2 is 1.77 bits per heavy atom. The highest BCUT2D eigenvalue weighted by atomic mass is 16.2. The zero-order valence-electron chi connectivity index (χ0n) is 15.3. The fourth-order valence-corrected chi connectivity index (χ4v) is 2.65. The summed E-state index contributed by atoms with van der Waals surface area (Å²) in [7, 11) is 0. The summed E-state index contributed by atoms with van der Waals surface area (Å²) in [5, 5.41) is 2.72. The number of para-hydroxylation sites is 1. The van der Waals surface area contributed by atoms with Crippen LogP contribution in [-0.4, -0.2) is 11.8 Å². The number of benzene rings is 2. The van der Waals surface area contributed by atoms with Crippen molar-refractivity contribution in [2.45, 2.75) is 33.1 Å². The van der Waals surface area contributed by atoms with E-state index in [2.05, 4.69) is 18.8 Å². The monoisotopic (exact) mass is 351 g/mol. The van der Waals surface area contributed by atoms with Gasteiger partial charge in [-0.15, -0.1) is 0 Å². The van der Waals surface area contributed by atoms with Crippen molar-refractivity contribution in [1.82, 2.24) is 0 Å². The van der Waals surface area contributed by atoms with Gasteiger partial charge in [0.25, 0.3) is 5.91 Å². The summed E-state index contributed by atoms with van der Waals surface area (Å²) in [6.45, 7) is 7.66. The number of unbranched alkanes of at least 4 members (excludes halogenated alkanes) is 1. The minimum atomic E-state index is -0.212. The Bertz CT molecular complexity index is 797. The molecule has 2 rings (SSSR count). The Balaban J connectivity index is 2.37. The molecule has 0 aliphatic rings. The Morgan fingerprint density at radius 3 is 2.35 bits per heavy atom. The van der Waals surface area contributed by atoms with Crippen LogP contribution >= 0.6 is 0 Å². The van der Waals surface area contributed by atoms with Gasteiger partial charge in [-0.2, -0.15) is 0 Å². The first kappa shape index (κ1) is 19.2. The van der Waals surface area contributed by atoms with E-state index in [9.17, 15) is 9.59 Å². The summed E-state index contributed by atoms with van der Waals surface area (Å²) in [6.07, 6.45) is 2.66. The van der Waals surface area contributed by atoms with Crippen molar-refractivity contribution in [3.05, 3.63) is 66.4 Å². The maximum absolute atomic E-state index is 13.1. The number of rotatable bonds is 7. The third-order valence-corrected chi connectivity index (χ3v) is 3.98. The first-order valence-electron chi connectivity index (χ1n) is 8.68. The summed E-state index contributed by atoms with van der Waals surface area (Å²) >= 11 is 0. The van der Waals surface area contributed by atoms with Crippen LogP contribution in [0.3, 0.4) is 0 Å². The topological polar surface area (TPSA) is 75.4 Å². The molecule has 0 fully saturated rings. The number of nitrogen functional groups attached to an aromatic ring is 1. The maximum atomic E-state index is 13.1. The third-order valence-electron chi connectivity index (χ3n) is 3.98. The molecule has 2 aromatic rings. The number of nitrogens with two attached hydrogens (primary N) is 1. The minimum absolute atomic E-state index is 0.143. The fourth-order valence-electron chi connectivity index (χ4n) is 2.65. The van der Waals surface area contributed by atoms with Gasteiger partial charge < -0.3 is 11.1 Å². The number of nitrogens with one attached hydrogen (secondary N) is 1. The molecule has 0 atom stereocenters. The van der Waals surface area contributed by atoms with Crippen LogP contribution in [0.5, 0.6) is 0 Å². The molecule has 2 amide bonds. The van der Waals surface area contributed by atoms with Crippen molar-refractivity contribution in [1.29, 1.82) is 0 Å². The van der Waals surface area contributed by atoms with Gasteiger partial charge in [0.05, 0.1) is 5.56 Å². The smallest absolute Gasteiger partial charge is 0.264 e. The predicted molar refractivity (Wildman–Crippen MR) is 107 cm³/mol. The molecule has 0 heterocycles. The quantitative estimate of drug-likeness (QED) is 0.717. The molecule has 5 heteroatoms. The van der Waals surface area contributed by atoms with Gasteiger partial charge in [-0.25, -0.2) is 0 Å². The van der Waals surface area contributed by atoms with Gasteiger partial charge in [-0.3, -0.25) is 14.5 Å². The number of carbonyl (C=O) groups excluding carboxylic acids is 2. The number of hydrogen-bond donors (Lipinski definition) is 2. The molecule has 0 radical (unpaired) electrons. The van der Waals surface area contributed by atoms with Crippen LogP contribution in [0.15, 0.2) is 60.8 Å². The minimum Gasteiger partial charge on any atom is -0.398 e. The Morgan fingerprint density at radius 1 is 1.12 bits per heavy atom. The van der Waals surface area contributed by atoms with E-state index >= 15 is 0 Å². The van der Waals surface area contributed by atoms with Crippen molar-refractivity contribution in [3.8, 4) is 0 Å². The molecular formula is C21H25N3O2. The molecule has 5 nitrogen and oxygen atoms in total. The second-order valence-electron chi connectivity index (χ2n) is 6.13. The van der Waals surface area contributed by atoms with Crippen LogP contribution < -0.4 is 16.0 Å². The maximum Gasteiger partial charge on any atom is 0.264 e. The van der Waals surface area contributed by atoms with Crippen LogP contribution in [0.25, 0.3) is 0 Å².